The number of alkyl halides is 2. The van der Waals surface area contributed by atoms with E-state index in [0.717, 1.165) is 6.08 Å². The lowest BCUT2D eigenvalue weighted by molar-refractivity contribution is -0.286. The Hall–Kier alpha value is -0.810. The summed E-state index contributed by atoms with van der Waals surface area (Å²) in [5.41, 5.74) is 0. The second kappa shape index (κ2) is 7.59. The third-order valence-corrected chi connectivity index (χ3v) is 2.02. The van der Waals surface area contributed by atoms with Gasteiger partial charge in [-0.1, -0.05) is 12.0 Å². The first-order valence-electron chi connectivity index (χ1n) is 4.60. The predicted molar refractivity (Wildman–Crippen MR) is 57.7 cm³/mol. The number of hydrogen-bond acceptors (Lipinski definition) is 4. The number of phosphoric acid groups is 1. The second-order valence-corrected chi connectivity index (χ2v) is 4.16. The van der Waals surface area contributed by atoms with Crippen LogP contribution in [-0.4, -0.2) is 41.8 Å². The number of rotatable bonds is 9. The van der Waals surface area contributed by atoms with Gasteiger partial charge in [-0.3, -0.25) is 4.52 Å². The lowest BCUT2D eigenvalue weighted by Crippen LogP contribution is -2.41. The molecule has 0 spiro atoms. The third kappa shape index (κ3) is 7.50. The first-order valence-corrected chi connectivity index (χ1v) is 6.13. The van der Waals surface area contributed by atoms with Crippen LogP contribution in [0, 0.1) is 12.3 Å². The van der Waals surface area contributed by atoms with E-state index < -0.39 is 33.2 Å². The van der Waals surface area contributed by atoms with Crippen LogP contribution < -0.4 is 0 Å². The van der Waals surface area contributed by atoms with Crippen LogP contribution in [0.15, 0.2) is 12.7 Å². The Morgan fingerprint density at radius 2 is 2.17 bits per heavy atom. The highest BCUT2D eigenvalue weighted by Crippen LogP contribution is 2.41. The van der Waals surface area contributed by atoms with E-state index in [2.05, 4.69) is 20.6 Å². The molecule has 0 fully saturated rings. The van der Waals surface area contributed by atoms with Gasteiger partial charge in [-0.2, -0.15) is 8.78 Å². The van der Waals surface area contributed by atoms with Gasteiger partial charge in [0.05, 0.1) is 13.2 Å². The summed E-state index contributed by atoms with van der Waals surface area (Å²) in [7, 11) is -5.12. The Bertz CT molecular complexity index is 347. The van der Waals surface area contributed by atoms with Crippen LogP contribution >= 0.6 is 7.82 Å². The van der Waals surface area contributed by atoms with Crippen molar-refractivity contribution in [2.45, 2.75) is 12.2 Å². The van der Waals surface area contributed by atoms with Crippen LogP contribution in [0.4, 0.5) is 8.78 Å². The van der Waals surface area contributed by atoms with Crippen molar-refractivity contribution in [2.24, 2.45) is 0 Å². The van der Waals surface area contributed by atoms with Crippen LogP contribution in [0.25, 0.3) is 0 Å². The fourth-order valence-electron chi connectivity index (χ4n) is 0.842. The molecule has 0 saturated heterocycles. The number of phosphoric ester groups is 1. The average molecular weight is 286 g/mol. The molecule has 0 aliphatic carbocycles. The van der Waals surface area contributed by atoms with Gasteiger partial charge in [0.25, 0.3) is 0 Å². The molecule has 0 bridgehead atoms. The quantitative estimate of drug-likeness (QED) is 0.283. The van der Waals surface area contributed by atoms with Crippen molar-refractivity contribution in [2.75, 3.05) is 19.8 Å². The number of terminal acetylenes is 1. The molecular formula is C9H13F2O6P. The largest absolute Gasteiger partial charge is 0.470 e. The smallest absolute Gasteiger partial charge is 0.366 e. The average Bonchev–Trinajstić information content (AvgIpc) is 2.24. The summed E-state index contributed by atoms with van der Waals surface area (Å²) in [4.78, 5) is 17.0. The molecule has 0 amide bonds. The van der Waals surface area contributed by atoms with E-state index >= 15 is 0 Å². The Labute approximate surface area is 103 Å². The normalized spacial score (nSPS) is 13.9. The van der Waals surface area contributed by atoms with Gasteiger partial charge in [-0.15, -0.1) is 13.0 Å². The highest BCUT2D eigenvalue weighted by Gasteiger charge is 2.45. The molecule has 0 radical (unpaired) electrons. The summed E-state index contributed by atoms with van der Waals surface area (Å²) in [5, 5.41) is 0. The maximum atomic E-state index is 13.4. The summed E-state index contributed by atoms with van der Waals surface area (Å²) < 4.78 is 49.8. The van der Waals surface area contributed by atoms with Crippen molar-refractivity contribution in [3.63, 3.8) is 0 Å². The Morgan fingerprint density at radius 3 is 2.61 bits per heavy atom. The molecule has 0 saturated carbocycles. The van der Waals surface area contributed by atoms with Crippen LogP contribution in [0.5, 0.6) is 0 Å². The summed E-state index contributed by atoms with van der Waals surface area (Å²) >= 11 is 0. The van der Waals surface area contributed by atoms with Crippen molar-refractivity contribution in [3.8, 4) is 12.3 Å². The summed E-state index contributed by atoms with van der Waals surface area (Å²) in [6.45, 7) is 1.50. The molecule has 6 nitrogen and oxygen atoms in total. The fraction of sp³-hybridized carbons (Fsp3) is 0.556. The second-order valence-electron chi connectivity index (χ2n) is 2.97. The molecule has 0 aliphatic heterocycles. The zero-order chi connectivity index (χ0) is 14.2. The van der Waals surface area contributed by atoms with E-state index in [1.165, 1.54) is 0 Å². The monoisotopic (exact) mass is 286 g/mol. The van der Waals surface area contributed by atoms with Gasteiger partial charge in [-0.05, 0) is 0 Å². The van der Waals surface area contributed by atoms with Crippen LogP contribution in [-0.2, 0) is 18.6 Å². The van der Waals surface area contributed by atoms with Gasteiger partial charge in [0.2, 0.25) is 0 Å². The topological polar surface area (TPSA) is 85.2 Å². The molecule has 0 aromatic heterocycles. The SMILES string of the molecule is C#CCOCC(OP(=O)(O)O)C(F)(F)OCC=C. The van der Waals surface area contributed by atoms with Gasteiger partial charge in [0, 0.05) is 0 Å². The van der Waals surface area contributed by atoms with Gasteiger partial charge >= 0.3 is 13.9 Å². The van der Waals surface area contributed by atoms with Crippen molar-refractivity contribution in [1.82, 2.24) is 0 Å². The molecule has 0 aliphatic rings. The summed E-state index contributed by atoms with van der Waals surface area (Å²) in [5.74, 6) is 2.01. The van der Waals surface area contributed by atoms with Gasteiger partial charge in [-0.25, -0.2) is 4.57 Å². The number of hydrogen-bond donors (Lipinski definition) is 2. The molecular weight excluding hydrogens is 273 g/mol. The maximum Gasteiger partial charge on any atom is 0.470 e. The van der Waals surface area contributed by atoms with E-state index in [1.807, 2.05) is 5.92 Å². The van der Waals surface area contributed by atoms with E-state index in [9.17, 15) is 13.3 Å². The predicted octanol–water partition coefficient (Wildman–Crippen LogP) is 0.909. The minimum Gasteiger partial charge on any atom is -0.366 e. The molecule has 2 N–H and O–H groups in total. The zero-order valence-corrected chi connectivity index (χ0v) is 10.2. The molecule has 0 aromatic carbocycles. The minimum absolute atomic E-state index is 0.307. The molecule has 104 valence electrons. The van der Waals surface area contributed by atoms with Gasteiger partial charge in [0.15, 0.2) is 6.10 Å². The Balaban J connectivity index is 4.67. The van der Waals surface area contributed by atoms with E-state index in [0.29, 0.717) is 0 Å². The summed E-state index contributed by atoms with van der Waals surface area (Å²) in [6, 6.07) is 0. The van der Waals surface area contributed by atoms with Crippen molar-refractivity contribution in [1.29, 1.82) is 0 Å². The van der Waals surface area contributed by atoms with Crippen molar-refractivity contribution in [3.05, 3.63) is 12.7 Å². The van der Waals surface area contributed by atoms with Crippen LogP contribution in [0.3, 0.4) is 0 Å². The number of halogens is 2. The van der Waals surface area contributed by atoms with E-state index in [-0.39, 0.29) is 6.61 Å². The molecule has 9 heteroatoms. The minimum atomic E-state index is -5.12. The molecule has 0 heterocycles. The molecule has 18 heavy (non-hydrogen) atoms. The maximum absolute atomic E-state index is 13.4. The molecule has 0 rings (SSSR count). The summed E-state index contributed by atoms with van der Waals surface area (Å²) in [6.07, 6.45) is -0.364. The Kier molecular flexibility index (Phi) is 7.25. The first kappa shape index (κ1) is 17.2. The van der Waals surface area contributed by atoms with E-state index in [4.69, 9.17) is 16.2 Å². The molecule has 0 aromatic rings. The first-order chi connectivity index (χ1) is 8.23. The standard InChI is InChI=1S/C9H13F2O6P/c1-3-5-15-7-8(17-18(12,13)14)9(10,11)16-6-4-2/h1,4,8H,2,5-7H2,(H2,12,13,14). The molecule has 1 unspecified atom stereocenters. The van der Waals surface area contributed by atoms with Crippen LogP contribution in [0.1, 0.15) is 0 Å². The lowest BCUT2D eigenvalue weighted by atomic mass is 10.3. The number of ether oxygens (including phenoxy) is 2. The highest BCUT2D eigenvalue weighted by atomic mass is 31.2. The van der Waals surface area contributed by atoms with Crippen molar-refractivity contribution < 1.29 is 37.1 Å². The fourth-order valence-corrected chi connectivity index (χ4v) is 1.36. The third-order valence-electron chi connectivity index (χ3n) is 1.49. The van der Waals surface area contributed by atoms with Gasteiger partial charge in [0.1, 0.15) is 6.61 Å². The lowest BCUT2D eigenvalue weighted by Gasteiger charge is -2.25. The Morgan fingerprint density at radius 1 is 1.56 bits per heavy atom. The van der Waals surface area contributed by atoms with Crippen LogP contribution in [0.2, 0.25) is 0 Å². The van der Waals surface area contributed by atoms with E-state index in [1.54, 1.807) is 0 Å². The van der Waals surface area contributed by atoms with Gasteiger partial charge < -0.3 is 19.3 Å². The molecule has 1 atom stereocenters. The highest BCUT2D eigenvalue weighted by molar-refractivity contribution is 7.46. The van der Waals surface area contributed by atoms with Crippen molar-refractivity contribution >= 4 is 7.82 Å². The zero-order valence-electron chi connectivity index (χ0n) is 9.29.